The van der Waals surface area contributed by atoms with Crippen LogP contribution in [0.5, 0.6) is 17.2 Å². The highest BCUT2D eigenvalue weighted by atomic mass is 35.5. The van der Waals surface area contributed by atoms with Gasteiger partial charge in [-0.3, -0.25) is 4.79 Å². The minimum Gasteiger partial charge on any atom is -0.492 e. The number of anilines is 1. The molecule has 6 heteroatoms. The van der Waals surface area contributed by atoms with Gasteiger partial charge in [0.05, 0.1) is 5.92 Å². The van der Waals surface area contributed by atoms with E-state index in [9.17, 15) is 4.79 Å². The molecular weight excluding hydrogens is 330 g/mol. The van der Waals surface area contributed by atoms with Crippen molar-refractivity contribution in [1.29, 1.82) is 0 Å². The largest absolute Gasteiger partial charge is 0.492 e. The predicted molar refractivity (Wildman–Crippen MR) is 90.2 cm³/mol. The maximum atomic E-state index is 12.5. The van der Waals surface area contributed by atoms with Gasteiger partial charge in [0, 0.05) is 16.8 Å². The van der Waals surface area contributed by atoms with E-state index in [1.54, 1.807) is 24.3 Å². The summed E-state index contributed by atoms with van der Waals surface area (Å²) in [5.41, 5.74) is 1.64. The normalized spacial score (nSPS) is 18.3. The molecule has 0 bridgehead atoms. The molecule has 2 heterocycles. The summed E-state index contributed by atoms with van der Waals surface area (Å²) < 4.78 is 16.7. The van der Waals surface area contributed by atoms with Gasteiger partial charge in [0.25, 0.3) is 0 Å². The van der Waals surface area contributed by atoms with Crippen molar-refractivity contribution in [3.8, 4) is 17.2 Å². The van der Waals surface area contributed by atoms with E-state index in [1.807, 2.05) is 12.1 Å². The topological polar surface area (TPSA) is 56.8 Å². The van der Waals surface area contributed by atoms with Gasteiger partial charge in [-0.2, -0.15) is 0 Å². The van der Waals surface area contributed by atoms with Crippen molar-refractivity contribution in [1.82, 2.24) is 0 Å². The summed E-state index contributed by atoms with van der Waals surface area (Å²) in [5.74, 6) is 1.80. The summed E-state index contributed by atoms with van der Waals surface area (Å²) in [5, 5.41) is 3.56. The molecule has 0 aromatic heterocycles. The third kappa shape index (κ3) is 2.99. The first-order chi connectivity index (χ1) is 11.7. The maximum absolute atomic E-state index is 12.5. The Hall–Kier alpha value is -2.40. The fourth-order valence-corrected chi connectivity index (χ4v) is 3.09. The second kappa shape index (κ2) is 6.24. The van der Waals surface area contributed by atoms with Crippen molar-refractivity contribution < 1.29 is 19.0 Å². The van der Waals surface area contributed by atoms with Crippen molar-refractivity contribution in [2.75, 3.05) is 25.1 Å². The molecule has 1 N–H and O–H groups in total. The van der Waals surface area contributed by atoms with E-state index in [1.165, 1.54) is 0 Å². The molecule has 0 saturated heterocycles. The first kappa shape index (κ1) is 15.1. The molecule has 24 heavy (non-hydrogen) atoms. The first-order valence-electron chi connectivity index (χ1n) is 7.81. The molecule has 2 aromatic rings. The Kier molecular flexibility index (Phi) is 3.94. The van der Waals surface area contributed by atoms with Gasteiger partial charge in [-0.15, -0.1) is 0 Å². The zero-order valence-electron chi connectivity index (χ0n) is 12.9. The molecule has 0 spiro atoms. The van der Waals surface area contributed by atoms with Crippen molar-refractivity contribution >= 4 is 23.2 Å². The Morgan fingerprint density at radius 3 is 2.67 bits per heavy atom. The highest BCUT2D eigenvalue weighted by Crippen LogP contribution is 2.33. The number of carbonyl (C=O) groups is 1. The Morgan fingerprint density at radius 2 is 1.79 bits per heavy atom. The molecule has 124 valence electrons. The number of benzene rings is 2. The molecule has 0 saturated carbocycles. The molecule has 5 nitrogen and oxygen atoms in total. The summed E-state index contributed by atoms with van der Waals surface area (Å²) in [7, 11) is 0. The van der Waals surface area contributed by atoms with Crippen LogP contribution < -0.4 is 19.5 Å². The summed E-state index contributed by atoms with van der Waals surface area (Å²) in [6.07, 6.45) is 0.603. The van der Waals surface area contributed by atoms with Gasteiger partial charge in [-0.1, -0.05) is 11.6 Å². The van der Waals surface area contributed by atoms with Crippen molar-refractivity contribution in [2.24, 2.45) is 5.92 Å². The van der Waals surface area contributed by atoms with E-state index in [-0.39, 0.29) is 11.8 Å². The molecular formula is C18H16ClNO4. The molecule has 0 unspecified atom stereocenters. The van der Waals surface area contributed by atoms with E-state index >= 15 is 0 Å². The van der Waals surface area contributed by atoms with Crippen molar-refractivity contribution in [3.63, 3.8) is 0 Å². The van der Waals surface area contributed by atoms with Gasteiger partial charge in [0.15, 0.2) is 11.5 Å². The number of carbonyl (C=O) groups excluding carboxylic acids is 1. The average Bonchev–Trinajstić information content (AvgIpc) is 2.61. The van der Waals surface area contributed by atoms with E-state index in [2.05, 4.69) is 5.32 Å². The Bertz CT molecular complexity index is 793. The number of hydrogen-bond acceptors (Lipinski definition) is 4. The zero-order valence-corrected chi connectivity index (χ0v) is 13.6. The van der Waals surface area contributed by atoms with Crippen LogP contribution in [-0.4, -0.2) is 25.7 Å². The zero-order chi connectivity index (χ0) is 16.5. The monoisotopic (exact) mass is 345 g/mol. The average molecular weight is 346 g/mol. The highest BCUT2D eigenvalue weighted by molar-refractivity contribution is 6.30. The molecule has 0 aliphatic carbocycles. The van der Waals surface area contributed by atoms with Gasteiger partial charge in [-0.25, -0.2) is 0 Å². The fraction of sp³-hybridized carbons (Fsp3) is 0.278. The summed E-state index contributed by atoms with van der Waals surface area (Å²) >= 11 is 6.02. The quantitative estimate of drug-likeness (QED) is 0.907. The predicted octanol–water partition coefficient (Wildman–Crippen LogP) is 3.30. The van der Waals surface area contributed by atoms with Gasteiger partial charge < -0.3 is 19.5 Å². The number of hydrogen-bond donors (Lipinski definition) is 1. The molecule has 0 fully saturated rings. The van der Waals surface area contributed by atoms with Crippen molar-refractivity contribution in [2.45, 2.75) is 6.42 Å². The minimum absolute atomic E-state index is 0.0858. The van der Waals surface area contributed by atoms with Gasteiger partial charge in [0.1, 0.15) is 25.6 Å². The van der Waals surface area contributed by atoms with Crippen LogP contribution in [-0.2, 0) is 11.2 Å². The molecule has 2 aliphatic heterocycles. The van der Waals surface area contributed by atoms with Crippen LogP contribution in [0.3, 0.4) is 0 Å². The van der Waals surface area contributed by atoms with Crippen LogP contribution in [0.2, 0.25) is 5.02 Å². The first-order valence-corrected chi connectivity index (χ1v) is 8.18. The number of rotatable bonds is 2. The number of amides is 1. The van der Waals surface area contributed by atoms with Crippen LogP contribution in [0.1, 0.15) is 5.56 Å². The number of ether oxygens (including phenoxy) is 3. The standard InChI is InChI=1S/C18H16ClNO4/c19-13-1-3-15-11(8-13)7-12(10-24-15)18(21)20-14-2-4-16-17(9-14)23-6-5-22-16/h1-4,8-9,12H,5-7,10H2,(H,20,21)/t12-/m1/s1. The molecule has 2 aliphatic rings. The Balaban J connectivity index is 1.47. The second-order valence-electron chi connectivity index (χ2n) is 5.81. The Morgan fingerprint density at radius 1 is 1.00 bits per heavy atom. The lowest BCUT2D eigenvalue weighted by molar-refractivity contribution is -0.121. The molecule has 4 rings (SSSR count). The number of fused-ring (bicyclic) bond motifs is 2. The van der Waals surface area contributed by atoms with Gasteiger partial charge in [0.2, 0.25) is 5.91 Å². The Labute approximate surface area is 144 Å². The maximum Gasteiger partial charge on any atom is 0.231 e. The third-order valence-electron chi connectivity index (χ3n) is 4.11. The van der Waals surface area contributed by atoms with E-state index in [4.69, 9.17) is 25.8 Å². The lowest BCUT2D eigenvalue weighted by Gasteiger charge is -2.25. The molecule has 2 aromatic carbocycles. The third-order valence-corrected chi connectivity index (χ3v) is 4.34. The summed E-state index contributed by atoms with van der Waals surface area (Å²) in [4.78, 5) is 12.5. The lowest BCUT2D eigenvalue weighted by atomic mass is 9.96. The molecule has 1 amide bonds. The van der Waals surface area contributed by atoms with E-state index in [0.717, 1.165) is 11.3 Å². The van der Waals surface area contributed by atoms with Gasteiger partial charge in [-0.05, 0) is 42.3 Å². The van der Waals surface area contributed by atoms with Crippen LogP contribution >= 0.6 is 11.6 Å². The number of halogens is 1. The van der Waals surface area contributed by atoms with Crippen LogP contribution in [0, 0.1) is 5.92 Å². The van der Waals surface area contributed by atoms with E-state index < -0.39 is 0 Å². The smallest absolute Gasteiger partial charge is 0.231 e. The minimum atomic E-state index is -0.260. The molecule has 1 atom stereocenters. The lowest BCUT2D eigenvalue weighted by Crippen LogP contribution is -2.32. The van der Waals surface area contributed by atoms with Crippen LogP contribution in [0.4, 0.5) is 5.69 Å². The van der Waals surface area contributed by atoms with Crippen LogP contribution in [0.25, 0.3) is 0 Å². The highest BCUT2D eigenvalue weighted by Gasteiger charge is 2.26. The SMILES string of the molecule is O=C(Nc1ccc2c(c1)OCCO2)[C@H]1COc2ccc(Cl)cc2C1. The second-order valence-corrected chi connectivity index (χ2v) is 6.25. The summed E-state index contributed by atoms with van der Waals surface area (Å²) in [6, 6.07) is 10.9. The molecule has 0 radical (unpaired) electrons. The van der Waals surface area contributed by atoms with E-state index in [0.29, 0.717) is 48.5 Å². The van der Waals surface area contributed by atoms with Crippen molar-refractivity contribution in [3.05, 3.63) is 47.0 Å². The van der Waals surface area contributed by atoms with Crippen LogP contribution in [0.15, 0.2) is 36.4 Å². The van der Waals surface area contributed by atoms with Gasteiger partial charge >= 0.3 is 0 Å². The summed E-state index contributed by atoms with van der Waals surface area (Å²) in [6.45, 7) is 1.41. The fourth-order valence-electron chi connectivity index (χ4n) is 2.90. The number of nitrogens with one attached hydrogen (secondary N) is 1.